The van der Waals surface area contributed by atoms with Crippen molar-refractivity contribution < 1.29 is 14.3 Å². The van der Waals surface area contributed by atoms with Gasteiger partial charge in [-0.2, -0.15) is 0 Å². The Hall–Kier alpha value is -1.55. The van der Waals surface area contributed by atoms with Gasteiger partial charge >= 0.3 is 0 Å². The second kappa shape index (κ2) is 10.4. The number of carbonyl (C=O) groups excluding carboxylic acids is 1. The van der Waals surface area contributed by atoms with Crippen LogP contribution in [0.1, 0.15) is 72.3 Å². The van der Waals surface area contributed by atoms with Crippen molar-refractivity contribution in [3.05, 3.63) is 23.8 Å². The SMILES string of the molecule is CCCCCC(C)(OCC)C(=O)Nc1ccc(OC(C)CC)c(C)c1. The summed E-state index contributed by atoms with van der Waals surface area (Å²) in [6.07, 6.45) is 5.09. The molecule has 25 heavy (non-hydrogen) atoms. The highest BCUT2D eigenvalue weighted by atomic mass is 16.5. The van der Waals surface area contributed by atoms with Gasteiger partial charge < -0.3 is 14.8 Å². The first kappa shape index (κ1) is 21.5. The van der Waals surface area contributed by atoms with E-state index in [2.05, 4.69) is 26.1 Å². The van der Waals surface area contributed by atoms with Crippen molar-refractivity contribution in [2.45, 2.75) is 85.4 Å². The molecule has 4 heteroatoms. The van der Waals surface area contributed by atoms with Gasteiger partial charge in [0.2, 0.25) is 0 Å². The Balaban J connectivity index is 2.80. The van der Waals surface area contributed by atoms with Gasteiger partial charge in [0.25, 0.3) is 5.91 Å². The second-order valence-corrected chi connectivity index (χ2v) is 6.89. The molecule has 2 unspecified atom stereocenters. The van der Waals surface area contributed by atoms with Crippen LogP contribution in [0.15, 0.2) is 18.2 Å². The Labute approximate surface area is 153 Å². The number of nitrogens with one attached hydrogen (secondary N) is 1. The second-order valence-electron chi connectivity index (χ2n) is 6.89. The highest BCUT2D eigenvalue weighted by Crippen LogP contribution is 2.26. The molecule has 0 fully saturated rings. The number of hydrogen-bond acceptors (Lipinski definition) is 3. The zero-order valence-electron chi connectivity index (χ0n) is 16.8. The summed E-state index contributed by atoms with van der Waals surface area (Å²) in [5.74, 6) is 0.781. The molecule has 1 aromatic rings. The van der Waals surface area contributed by atoms with Crippen molar-refractivity contribution in [2.75, 3.05) is 11.9 Å². The molecule has 1 N–H and O–H groups in total. The van der Waals surface area contributed by atoms with Gasteiger partial charge in [-0.05, 0) is 64.3 Å². The molecule has 142 valence electrons. The predicted octanol–water partition coefficient (Wildman–Crippen LogP) is 5.49. The maximum atomic E-state index is 12.8. The monoisotopic (exact) mass is 349 g/mol. The summed E-state index contributed by atoms with van der Waals surface area (Å²) in [5, 5.41) is 3.01. The van der Waals surface area contributed by atoms with E-state index >= 15 is 0 Å². The zero-order chi connectivity index (χ0) is 18.9. The molecule has 0 saturated heterocycles. The van der Waals surface area contributed by atoms with Crippen LogP contribution in [-0.2, 0) is 9.53 Å². The fourth-order valence-electron chi connectivity index (χ4n) is 2.70. The van der Waals surface area contributed by atoms with E-state index in [0.29, 0.717) is 6.61 Å². The summed E-state index contributed by atoms with van der Waals surface area (Å²) < 4.78 is 11.7. The largest absolute Gasteiger partial charge is 0.490 e. The molecule has 1 amide bonds. The minimum Gasteiger partial charge on any atom is -0.490 e. The molecule has 0 aliphatic rings. The van der Waals surface area contributed by atoms with Gasteiger partial charge in [0, 0.05) is 12.3 Å². The number of anilines is 1. The number of ether oxygens (including phenoxy) is 2. The molecule has 0 saturated carbocycles. The lowest BCUT2D eigenvalue weighted by Crippen LogP contribution is -2.42. The minimum atomic E-state index is -0.788. The predicted molar refractivity (Wildman–Crippen MR) is 104 cm³/mol. The average Bonchev–Trinajstić information content (AvgIpc) is 2.57. The molecule has 4 nitrogen and oxygen atoms in total. The van der Waals surface area contributed by atoms with Crippen molar-refractivity contribution in [3.63, 3.8) is 0 Å². The van der Waals surface area contributed by atoms with Crippen LogP contribution in [0.25, 0.3) is 0 Å². The Bertz CT molecular complexity index is 544. The van der Waals surface area contributed by atoms with Crippen LogP contribution < -0.4 is 10.1 Å². The summed E-state index contributed by atoms with van der Waals surface area (Å²) in [6, 6.07) is 5.77. The standard InChI is InChI=1S/C21H35NO3/c1-7-10-11-14-21(6,24-9-3)20(23)22-18-12-13-19(16(4)15-18)25-17(5)8-2/h12-13,15,17H,7-11,14H2,1-6H3,(H,22,23). The molecule has 1 rings (SSSR count). The maximum Gasteiger partial charge on any atom is 0.256 e. The first-order valence-electron chi connectivity index (χ1n) is 9.59. The van der Waals surface area contributed by atoms with E-state index in [-0.39, 0.29) is 12.0 Å². The molecule has 0 radical (unpaired) electrons. The van der Waals surface area contributed by atoms with Gasteiger partial charge in [-0.3, -0.25) is 4.79 Å². The zero-order valence-corrected chi connectivity index (χ0v) is 16.8. The Morgan fingerprint density at radius 3 is 2.52 bits per heavy atom. The molecular weight excluding hydrogens is 314 g/mol. The lowest BCUT2D eigenvalue weighted by Gasteiger charge is -2.28. The van der Waals surface area contributed by atoms with E-state index in [9.17, 15) is 4.79 Å². The van der Waals surface area contributed by atoms with Crippen molar-refractivity contribution in [2.24, 2.45) is 0 Å². The number of benzene rings is 1. The fourth-order valence-corrected chi connectivity index (χ4v) is 2.70. The molecule has 0 aliphatic carbocycles. The van der Waals surface area contributed by atoms with E-state index in [4.69, 9.17) is 9.47 Å². The smallest absolute Gasteiger partial charge is 0.256 e. The van der Waals surface area contributed by atoms with Gasteiger partial charge in [-0.1, -0.05) is 33.1 Å². The minimum absolute atomic E-state index is 0.0829. The normalized spacial score (nSPS) is 14.6. The Kier molecular flexibility index (Phi) is 8.98. The number of amides is 1. The molecule has 0 aliphatic heterocycles. The van der Waals surface area contributed by atoms with Crippen molar-refractivity contribution in [1.29, 1.82) is 0 Å². The summed E-state index contributed by atoms with van der Waals surface area (Å²) in [7, 11) is 0. The van der Waals surface area contributed by atoms with Crippen LogP contribution in [0.3, 0.4) is 0 Å². The van der Waals surface area contributed by atoms with Crippen molar-refractivity contribution in [3.8, 4) is 5.75 Å². The number of rotatable bonds is 11. The van der Waals surface area contributed by atoms with Crippen LogP contribution in [0.2, 0.25) is 0 Å². The highest BCUT2D eigenvalue weighted by molar-refractivity contribution is 5.97. The first-order valence-corrected chi connectivity index (χ1v) is 9.59. The van der Waals surface area contributed by atoms with E-state index < -0.39 is 5.60 Å². The van der Waals surface area contributed by atoms with Crippen molar-refractivity contribution in [1.82, 2.24) is 0 Å². The first-order chi connectivity index (χ1) is 11.9. The molecule has 0 heterocycles. The average molecular weight is 350 g/mol. The lowest BCUT2D eigenvalue weighted by molar-refractivity contribution is -0.139. The summed E-state index contributed by atoms with van der Waals surface area (Å²) in [6.45, 7) is 12.6. The van der Waals surface area contributed by atoms with Crippen LogP contribution >= 0.6 is 0 Å². The van der Waals surface area contributed by atoms with Crippen LogP contribution in [-0.4, -0.2) is 24.2 Å². The van der Waals surface area contributed by atoms with Crippen molar-refractivity contribution >= 4 is 11.6 Å². The Morgan fingerprint density at radius 2 is 1.96 bits per heavy atom. The maximum absolute atomic E-state index is 12.8. The molecule has 1 aromatic carbocycles. The summed E-state index contributed by atoms with van der Waals surface area (Å²) >= 11 is 0. The van der Waals surface area contributed by atoms with E-state index in [0.717, 1.165) is 49.1 Å². The third-order valence-electron chi connectivity index (χ3n) is 4.54. The molecule has 2 atom stereocenters. The quantitative estimate of drug-likeness (QED) is 0.538. The molecule has 0 spiro atoms. The fraction of sp³-hybridized carbons (Fsp3) is 0.667. The van der Waals surface area contributed by atoms with E-state index in [1.807, 2.05) is 39.0 Å². The van der Waals surface area contributed by atoms with Gasteiger partial charge in [0.1, 0.15) is 11.4 Å². The van der Waals surface area contributed by atoms with Crippen LogP contribution in [0.5, 0.6) is 5.75 Å². The summed E-state index contributed by atoms with van der Waals surface area (Å²) in [4.78, 5) is 12.8. The summed E-state index contributed by atoms with van der Waals surface area (Å²) in [5.41, 5.74) is 1.01. The third kappa shape index (κ3) is 6.69. The van der Waals surface area contributed by atoms with Crippen LogP contribution in [0.4, 0.5) is 5.69 Å². The Morgan fingerprint density at radius 1 is 1.24 bits per heavy atom. The topological polar surface area (TPSA) is 47.6 Å². The van der Waals surface area contributed by atoms with Gasteiger partial charge in [-0.15, -0.1) is 0 Å². The number of unbranched alkanes of at least 4 members (excludes halogenated alkanes) is 2. The molecule has 0 bridgehead atoms. The van der Waals surface area contributed by atoms with Gasteiger partial charge in [0.05, 0.1) is 6.10 Å². The van der Waals surface area contributed by atoms with E-state index in [1.54, 1.807) is 0 Å². The number of aryl methyl sites for hydroxylation is 1. The lowest BCUT2D eigenvalue weighted by atomic mass is 9.96. The van der Waals surface area contributed by atoms with Gasteiger partial charge in [-0.25, -0.2) is 0 Å². The number of carbonyl (C=O) groups is 1. The van der Waals surface area contributed by atoms with Crippen LogP contribution in [0, 0.1) is 6.92 Å². The number of hydrogen-bond donors (Lipinski definition) is 1. The third-order valence-corrected chi connectivity index (χ3v) is 4.54. The van der Waals surface area contributed by atoms with E-state index in [1.165, 1.54) is 0 Å². The van der Waals surface area contributed by atoms with Gasteiger partial charge in [0.15, 0.2) is 0 Å². The highest BCUT2D eigenvalue weighted by Gasteiger charge is 2.33. The molecule has 0 aromatic heterocycles. The molecular formula is C21H35NO3.